The van der Waals surface area contributed by atoms with E-state index in [2.05, 4.69) is 27.4 Å². The lowest BCUT2D eigenvalue weighted by molar-refractivity contribution is 0.411. The van der Waals surface area contributed by atoms with Crippen LogP contribution in [0.1, 0.15) is 35.8 Å². The zero-order chi connectivity index (χ0) is 13.4. The van der Waals surface area contributed by atoms with Gasteiger partial charge < -0.3 is 14.7 Å². The van der Waals surface area contributed by atoms with Gasteiger partial charge in [-0.15, -0.1) is 0 Å². The lowest BCUT2D eigenvalue weighted by Crippen LogP contribution is -2.23. The number of H-pyrrole nitrogens is 1. The van der Waals surface area contributed by atoms with E-state index in [4.69, 9.17) is 4.42 Å². The molecule has 1 aliphatic carbocycles. The predicted molar refractivity (Wildman–Crippen MR) is 77.3 cm³/mol. The minimum absolute atomic E-state index is 0.402. The van der Waals surface area contributed by atoms with Crippen LogP contribution in [0.25, 0.3) is 11.0 Å². The van der Waals surface area contributed by atoms with Crippen molar-refractivity contribution in [3.63, 3.8) is 0 Å². The maximum atomic E-state index is 5.54. The summed E-state index contributed by atoms with van der Waals surface area (Å²) in [7, 11) is 0. The lowest BCUT2D eigenvalue weighted by atomic mass is 9.93. The molecule has 0 amide bonds. The molecule has 4 nitrogen and oxygen atoms in total. The molecule has 4 heteroatoms. The largest absolute Gasteiger partial charge is 0.469 e. The van der Waals surface area contributed by atoms with Crippen LogP contribution in [0.15, 0.2) is 41.3 Å². The number of pyridine rings is 1. The Morgan fingerprint density at radius 3 is 3.40 bits per heavy atom. The van der Waals surface area contributed by atoms with Crippen molar-refractivity contribution < 1.29 is 4.42 Å². The third-order valence-electron chi connectivity index (χ3n) is 4.13. The van der Waals surface area contributed by atoms with Gasteiger partial charge >= 0.3 is 0 Å². The smallest absolute Gasteiger partial charge is 0.137 e. The van der Waals surface area contributed by atoms with Gasteiger partial charge in [0.1, 0.15) is 11.4 Å². The molecule has 0 bridgehead atoms. The molecule has 0 spiro atoms. The zero-order valence-corrected chi connectivity index (χ0v) is 11.2. The van der Waals surface area contributed by atoms with Crippen LogP contribution in [-0.4, -0.2) is 9.97 Å². The number of aromatic nitrogens is 2. The van der Waals surface area contributed by atoms with Crippen molar-refractivity contribution >= 4 is 11.0 Å². The number of hydrogen-bond donors (Lipinski definition) is 2. The van der Waals surface area contributed by atoms with E-state index in [1.807, 2.05) is 18.5 Å². The van der Waals surface area contributed by atoms with Crippen molar-refractivity contribution in [1.29, 1.82) is 0 Å². The Kier molecular flexibility index (Phi) is 2.81. The van der Waals surface area contributed by atoms with Crippen molar-refractivity contribution in [2.24, 2.45) is 0 Å². The van der Waals surface area contributed by atoms with Crippen LogP contribution in [0, 0.1) is 0 Å². The zero-order valence-electron chi connectivity index (χ0n) is 11.2. The molecule has 1 atom stereocenters. The van der Waals surface area contributed by atoms with E-state index in [1.165, 1.54) is 29.4 Å². The molecule has 0 aliphatic heterocycles. The van der Waals surface area contributed by atoms with E-state index >= 15 is 0 Å². The number of fused-ring (bicyclic) bond motifs is 2. The van der Waals surface area contributed by atoms with Gasteiger partial charge in [0.05, 0.1) is 6.26 Å². The Balaban J connectivity index is 1.54. The number of furan rings is 1. The van der Waals surface area contributed by atoms with Crippen molar-refractivity contribution in [3.05, 3.63) is 53.7 Å². The quantitative estimate of drug-likeness (QED) is 0.765. The fraction of sp³-hybridized carbons (Fsp3) is 0.312. The highest BCUT2D eigenvalue weighted by molar-refractivity contribution is 5.79. The first kappa shape index (κ1) is 11.7. The predicted octanol–water partition coefficient (Wildman–Crippen LogP) is 3.32. The van der Waals surface area contributed by atoms with Gasteiger partial charge in [0, 0.05) is 42.4 Å². The highest BCUT2D eigenvalue weighted by Gasteiger charge is 2.22. The summed E-state index contributed by atoms with van der Waals surface area (Å²) in [5.74, 6) is 1.15. The van der Waals surface area contributed by atoms with Crippen LogP contribution in [0.2, 0.25) is 0 Å². The minimum Gasteiger partial charge on any atom is -0.469 e. The summed E-state index contributed by atoms with van der Waals surface area (Å²) < 4.78 is 5.54. The monoisotopic (exact) mass is 267 g/mol. The molecule has 2 N–H and O–H groups in total. The first-order chi connectivity index (χ1) is 9.92. The molecular weight excluding hydrogens is 250 g/mol. The van der Waals surface area contributed by atoms with Gasteiger partial charge in [-0.1, -0.05) is 0 Å². The van der Waals surface area contributed by atoms with E-state index in [-0.39, 0.29) is 0 Å². The number of hydrogen-bond acceptors (Lipinski definition) is 3. The van der Waals surface area contributed by atoms with E-state index in [9.17, 15) is 0 Å². The number of aromatic amines is 1. The van der Waals surface area contributed by atoms with Crippen molar-refractivity contribution in [2.45, 2.75) is 31.8 Å². The second-order valence-corrected chi connectivity index (χ2v) is 5.34. The van der Waals surface area contributed by atoms with Crippen LogP contribution in [-0.2, 0) is 13.0 Å². The van der Waals surface area contributed by atoms with Crippen LogP contribution in [0.4, 0.5) is 0 Å². The Hall–Kier alpha value is -2.07. The van der Waals surface area contributed by atoms with E-state index in [0.717, 1.165) is 24.4 Å². The van der Waals surface area contributed by atoms with Gasteiger partial charge in [-0.25, -0.2) is 4.98 Å². The van der Waals surface area contributed by atoms with Crippen molar-refractivity contribution in [3.8, 4) is 0 Å². The van der Waals surface area contributed by atoms with Gasteiger partial charge in [0.15, 0.2) is 0 Å². The Labute approximate surface area is 117 Å². The fourth-order valence-electron chi connectivity index (χ4n) is 3.09. The summed E-state index contributed by atoms with van der Waals surface area (Å²) in [5, 5.41) is 4.85. The van der Waals surface area contributed by atoms with Gasteiger partial charge in [0.2, 0.25) is 0 Å². The maximum Gasteiger partial charge on any atom is 0.137 e. The number of rotatable bonds is 3. The molecule has 0 aromatic carbocycles. The molecule has 20 heavy (non-hydrogen) atoms. The summed E-state index contributed by atoms with van der Waals surface area (Å²) in [6.07, 6.45) is 9.09. The minimum atomic E-state index is 0.402. The Bertz CT molecular complexity index is 728. The number of nitrogens with one attached hydrogen (secondary N) is 2. The SMILES string of the molecule is c1cnc2[nH]cc(CNC3CCCc4occc43)c2c1. The van der Waals surface area contributed by atoms with E-state index in [0.29, 0.717) is 6.04 Å². The lowest BCUT2D eigenvalue weighted by Gasteiger charge is -2.22. The van der Waals surface area contributed by atoms with Crippen LogP contribution >= 0.6 is 0 Å². The molecule has 3 aromatic heterocycles. The summed E-state index contributed by atoms with van der Waals surface area (Å²) in [4.78, 5) is 7.55. The Morgan fingerprint density at radius 2 is 2.40 bits per heavy atom. The molecule has 1 aliphatic rings. The van der Waals surface area contributed by atoms with Gasteiger partial charge in [-0.05, 0) is 36.6 Å². The average molecular weight is 267 g/mol. The molecule has 102 valence electrons. The van der Waals surface area contributed by atoms with Gasteiger partial charge in [-0.2, -0.15) is 0 Å². The topological polar surface area (TPSA) is 53.9 Å². The number of nitrogens with zero attached hydrogens (tertiary/aromatic N) is 1. The highest BCUT2D eigenvalue weighted by Crippen LogP contribution is 2.30. The second-order valence-electron chi connectivity index (χ2n) is 5.34. The molecule has 0 saturated heterocycles. The fourth-order valence-corrected chi connectivity index (χ4v) is 3.09. The normalized spacial score (nSPS) is 18.3. The molecule has 0 fully saturated rings. The second kappa shape index (κ2) is 4.80. The maximum absolute atomic E-state index is 5.54. The first-order valence-corrected chi connectivity index (χ1v) is 7.12. The molecule has 0 radical (unpaired) electrons. The van der Waals surface area contributed by atoms with Crippen LogP contribution in [0.3, 0.4) is 0 Å². The standard InChI is InChI=1S/C16H17N3O/c1-4-14(13-6-8-20-15(13)5-1)18-9-11-10-19-16-12(11)3-2-7-17-16/h2-3,6-8,10,14,18H,1,4-5,9H2,(H,17,19). The summed E-state index contributed by atoms with van der Waals surface area (Å²) in [6.45, 7) is 0.848. The van der Waals surface area contributed by atoms with Crippen LogP contribution < -0.4 is 5.32 Å². The van der Waals surface area contributed by atoms with Crippen LogP contribution in [0.5, 0.6) is 0 Å². The molecule has 1 unspecified atom stereocenters. The highest BCUT2D eigenvalue weighted by atomic mass is 16.3. The molecule has 4 rings (SSSR count). The molecule has 3 aromatic rings. The van der Waals surface area contributed by atoms with E-state index < -0.39 is 0 Å². The molecule has 0 saturated carbocycles. The molecule has 3 heterocycles. The Morgan fingerprint density at radius 1 is 1.40 bits per heavy atom. The van der Waals surface area contributed by atoms with Crippen molar-refractivity contribution in [2.75, 3.05) is 0 Å². The first-order valence-electron chi connectivity index (χ1n) is 7.12. The van der Waals surface area contributed by atoms with Gasteiger partial charge in [-0.3, -0.25) is 0 Å². The average Bonchev–Trinajstić information content (AvgIpc) is 3.12. The third kappa shape index (κ3) is 1.93. The van der Waals surface area contributed by atoms with Crippen molar-refractivity contribution in [1.82, 2.24) is 15.3 Å². The molecular formula is C16H17N3O. The number of aryl methyl sites for hydroxylation is 1. The summed E-state index contributed by atoms with van der Waals surface area (Å²) >= 11 is 0. The summed E-state index contributed by atoms with van der Waals surface area (Å²) in [6, 6.07) is 6.59. The van der Waals surface area contributed by atoms with Gasteiger partial charge in [0.25, 0.3) is 0 Å². The third-order valence-corrected chi connectivity index (χ3v) is 4.13. The summed E-state index contributed by atoms with van der Waals surface area (Å²) in [5.41, 5.74) is 3.55. The van der Waals surface area contributed by atoms with E-state index in [1.54, 1.807) is 6.26 Å².